The van der Waals surface area contributed by atoms with Crippen molar-refractivity contribution in [2.45, 2.75) is 203 Å². The number of nitrogens with zero attached hydrogens (tertiary/aromatic N) is 5. The molecule has 572 valence electrons. The van der Waals surface area contributed by atoms with E-state index in [9.17, 15) is 67.1 Å². The summed E-state index contributed by atoms with van der Waals surface area (Å²) >= 11 is 0. The van der Waals surface area contributed by atoms with Gasteiger partial charge in [-0.25, -0.2) is 19.2 Å². The summed E-state index contributed by atoms with van der Waals surface area (Å²) in [5.74, 6) is -9.34. The average Bonchev–Trinajstić information content (AvgIpc) is 0.863. The highest BCUT2D eigenvalue weighted by Gasteiger charge is 2.39. The van der Waals surface area contributed by atoms with Gasteiger partial charge in [-0.05, 0) is 107 Å². The third kappa shape index (κ3) is 27.0. The normalized spacial score (nSPS) is 22.4. The van der Waals surface area contributed by atoms with Crippen LogP contribution in [0.1, 0.15) is 146 Å². The summed E-state index contributed by atoms with van der Waals surface area (Å²) in [6.07, 6.45) is 2.27. The molecule has 104 heavy (non-hydrogen) atoms. The number of imide groups is 1. The third-order valence-corrected chi connectivity index (χ3v) is 18.2. The molecular formula is C75H109N11O18. The molecule has 6 N–H and O–H groups in total. The van der Waals surface area contributed by atoms with E-state index in [-0.39, 0.29) is 87.1 Å². The van der Waals surface area contributed by atoms with Crippen LogP contribution in [0.25, 0.3) is 0 Å². The Labute approximate surface area is 610 Å². The van der Waals surface area contributed by atoms with Crippen molar-refractivity contribution in [2.75, 3.05) is 59.7 Å². The second-order valence-electron chi connectivity index (χ2n) is 27.6. The number of esters is 2. The molecule has 12 amide bonds. The van der Waals surface area contributed by atoms with Gasteiger partial charge in [0.15, 0.2) is 6.10 Å². The summed E-state index contributed by atoms with van der Waals surface area (Å²) < 4.78 is 23.8. The van der Waals surface area contributed by atoms with Gasteiger partial charge in [-0.1, -0.05) is 116 Å². The van der Waals surface area contributed by atoms with Gasteiger partial charge in [0.25, 0.3) is 17.7 Å². The maximum Gasteiger partial charge on any atom is 0.409 e. The standard InChI is InChI=1S/C75H109N11O18/c1-18-46(7)64-69(94)78-52(13)73(98)104-65(47(8)19-2)49(10)57(34-29-48(9)72(97)102-58(40-44(3)4)67(92)77-51(12)70(95)85(17)56(41-53-26-22-20-23-27-53)71(96)84(16)42-60(88)81-64)103-75(100)83(15)39-38-82(14)74(99)101-43-54-30-32-55(33-31-54)79-66(91)50(11)76-68(93)63(45(5)6)80-59(87)28-24-21-25-37-86-61(89)35-36-62(86)90/h19-20,22-23,26-27,29-33,35-36,44-46,49-52,56-58,63-65H,18,21,24-25,28,34,37-43H2,1-17H3,(H,76,93)(H,77,92)(H,78,94)(H,79,91)(H,80,87)(H,81,88)/b47-19+,48-29+/t46?,49-,50+,51-,52+,56+,57-,58+,63+,64-,65+/m0/s1. The van der Waals surface area contributed by atoms with Crippen LogP contribution in [0.3, 0.4) is 0 Å². The molecule has 0 aromatic heterocycles. The van der Waals surface area contributed by atoms with E-state index < -0.39 is 138 Å². The van der Waals surface area contributed by atoms with Gasteiger partial charge in [0.05, 0.1) is 6.54 Å². The minimum atomic E-state index is -1.40. The lowest BCUT2D eigenvalue weighted by Gasteiger charge is -2.33. The van der Waals surface area contributed by atoms with Crippen molar-refractivity contribution < 1.29 is 86.1 Å². The quantitative estimate of drug-likeness (QED) is 0.0230. The number of nitrogens with one attached hydrogen (secondary N) is 6. The Morgan fingerprint density at radius 3 is 1.94 bits per heavy atom. The molecule has 2 aliphatic rings. The van der Waals surface area contributed by atoms with Crippen LogP contribution in [0, 0.1) is 23.7 Å². The number of allylic oxidation sites excluding steroid dienone is 1. The van der Waals surface area contributed by atoms with E-state index in [0.29, 0.717) is 48.1 Å². The Kier molecular flexibility index (Phi) is 34.9. The minimum Gasteiger partial charge on any atom is -0.456 e. The summed E-state index contributed by atoms with van der Waals surface area (Å²) in [6, 6.07) is 8.44. The number of benzene rings is 2. The Morgan fingerprint density at radius 2 is 1.35 bits per heavy atom. The molecule has 0 fully saturated rings. The monoisotopic (exact) mass is 1450 g/mol. The van der Waals surface area contributed by atoms with Crippen molar-refractivity contribution in [3.8, 4) is 0 Å². The zero-order valence-electron chi connectivity index (χ0n) is 63.3. The van der Waals surface area contributed by atoms with E-state index in [4.69, 9.17) is 18.9 Å². The Bertz CT molecular complexity index is 3430. The number of carbonyl (C=O) groups excluding carboxylic acids is 14. The predicted octanol–water partition coefficient (Wildman–Crippen LogP) is 5.65. The fraction of sp³-hybridized carbons (Fsp3) is 0.573. The highest BCUT2D eigenvalue weighted by atomic mass is 16.6. The highest BCUT2D eigenvalue weighted by molar-refractivity contribution is 6.13. The second-order valence-corrected chi connectivity index (χ2v) is 27.6. The van der Waals surface area contributed by atoms with E-state index >= 15 is 0 Å². The van der Waals surface area contributed by atoms with Crippen molar-refractivity contribution in [3.05, 3.63) is 101 Å². The zero-order valence-corrected chi connectivity index (χ0v) is 63.3. The van der Waals surface area contributed by atoms with Crippen LogP contribution in [0.5, 0.6) is 0 Å². The predicted molar refractivity (Wildman–Crippen MR) is 387 cm³/mol. The van der Waals surface area contributed by atoms with Crippen molar-refractivity contribution >= 4 is 88.9 Å². The molecule has 0 bridgehead atoms. The number of unbranched alkanes of at least 4 members (excludes halogenated alkanes) is 2. The Hall–Kier alpha value is -9.96. The number of hydrogen-bond acceptors (Lipinski definition) is 18. The molecule has 0 saturated carbocycles. The molecule has 11 atom stereocenters. The lowest BCUT2D eigenvalue weighted by atomic mass is 9.90. The number of amides is 12. The van der Waals surface area contributed by atoms with Gasteiger partial charge in [0.2, 0.25) is 41.4 Å². The second kappa shape index (κ2) is 42.0. The van der Waals surface area contributed by atoms with Crippen molar-refractivity contribution in [3.63, 3.8) is 0 Å². The number of hydrogen-bond donors (Lipinski definition) is 6. The molecule has 0 radical (unpaired) electrons. The third-order valence-electron chi connectivity index (χ3n) is 18.2. The molecule has 2 aromatic carbocycles. The summed E-state index contributed by atoms with van der Waals surface area (Å²) in [6.45, 7) is 21.0. The molecule has 4 rings (SSSR count). The van der Waals surface area contributed by atoms with Gasteiger partial charge in [-0.2, -0.15) is 0 Å². The fourth-order valence-corrected chi connectivity index (χ4v) is 11.1. The number of ether oxygens (including phenoxy) is 4. The van der Waals surface area contributed by atoms with Crippen molar-refractivity contribution in [1.82, 2.24) is 51.1 Å². The number of anilines is 1. The minimum absolute atomic E-state index is 0.00640. The van der Waals surface area contributed by atoms with Crippen molar-refractivity contribution in [1.29, 1.82) is 0 Å². The summed E-state index contributed by atoms with van der Waals surface area (Å²) in [4.78, 5) is 195. The number of likely N-dealkylation sites (N-methyl/N-ethyl adjacent to an activating group) is 4. The van der Waals surface area contributed by atoms with Gasteiger partial charge < -0.3 is 70.4 Å². The van der Waals surface area contributed by atoms with E-state index in [1.54, 1.807) is 102 Å². The van der Waals surface area contributed by atoms with Crippen LogP contribution in [0.2, 0.25) is 0 Å². The van der Waals surface area contributed by atoms with Gasteiger partial charge in [-0.3, -0.25) is 52.8 Å². The molecule has 2 aromatic rings. The van der Waals surface area contributed by atoms with Crippen LogP contribution < -0.4 is 31.9 Å². The van der Waals surface area contributed by atoms with Gasteiger partial charge in [-0.15, -0.1) is 0 Å². The molecule has 2 heterocycles. The molecular weight excluding hydrogens is 1340 g/mol. The lowest BCUT2D eigenvalue weighted by molar-refractivity contribution is -0.155. The van der Waals surface area contributed by atoms with E-state index in [0.717, 1.165) is 9.80 Å². The van der Waals surface area contributed by atoms with Gasteiger partial charge in [0.1, 0.15) is 55.1 Å². The number of carbonyl (C=O) groups is 14. The van der Waals surface area contributed by atoms with Crippen LogP contribution in [-0.2, 0) is 89.5 Å². The molecule has 0 saturated heterocycles. The van der Waals surface area contributed by atoms with Crippen LogP contribution >= 0.6 is 0 Å². The lowest BCUT2D eigenvalue weighted by Crippen LogP contribution is -2.57. The first-order chi connectivity index (χ1) is 49.0. The number of cyclic esters (lactones) is 2. The van der Waals surface area contributed by atoms with E-state index in [1.807, 2.05) is 20.8 Å². The first-order valence-corrected chi connectivity index (χ1v) is 35.5. The molecule has 2 aliphatic heterocycles. The molecule has 29 nitrogen and oxygen atoms in total. The highest BCUT2D eigenvalue weighted by Crippen LogP contribution is 2.27. The van der Waals surface area contributed by atoms with Gasteiger partial charge >= 0.3 is 24.1 Å². The molecule has 0 aliphatic carbocycles. The van der Waals surface area contributed by atoms with E-state index in [2.05, 4.69) is 31.9 Å². The summed E-state index contributed by atoms with van der Waals surface area (Å²) in [5.41, 5.74) is 2.15. The molecule has 1 unspecified atom stereocenters. The maximum absolute atomic E-state index is 14.4. The topological polar surface area (TPSA) is 364 Å². The molecule has 29 heteroatoms. The largest absolute Gasteiger partial charge is 0.456 e. The Morgan fingerprint density at radius 1 is 0.731 bits per heavy atom. The van der Waals surface area contributed by atoms with Gasteiger partial charge in [0, 0.05) is 96.4 Å². The summed E-state index contributed by atoms with van der Waals surface area (Å²) in [5, 5.41) is 16.2. The first kappa shape index (κ1) is 86.4. The van der Waals surface area contributed by atoms with E-state index in [1.165, 1.54) is 88.8 Å². The number of rotatable bonds is 25. The fourth-order valence-electron chi connectivity index (χ4n) is 11.1. The summed E-state index contributed by atoms with van der Waals surface area (Å²) in [7, 11) is 5.69. The zero-order chi connectivity index (χ0) is 77.8. The average molecular weight is 1450 g/mol. The molecule has 0 spiro atoms. The van der Waals surface area contributed by atoms with Crippen LogP contribution in [0.15, 0.2) is 90.0 Å². The van der Waals surface area contributed by atoms with Crippen LogP contribution in [-0.4, -0.2) is 217 Å². The maximum atomic E-state index is 14.4. The smallest absolute Gasteiger partial charge is 0.409 e. The SMILES string of the molecule is C/C=C(\C)[C@H]1OC(=O)[C@@H](C)NC(=O)[C@H](C(C)CC)NC(=O)CN(C)C(=O)[C@@H](Cc2ccccc2)N(C)C(=O)[C@H](C)NC(=O)[C@@H](CC(C)C)OC(=O)/C(C)=C/C[C@H](OC(=O)N(C)CCN(C)C(=O)OCc2ccc(NC(=O)[C@@H](C)NC(=O)[C@H](NC(=O)CCCCCN3C(=O)C=CC3=O)C(C)C)cc2)[C@@H]1C. The first-order valence-electron chi connectivity index (χ1n) is 35.5. The Balaban J connectivity index is 1.48. The van der Waals surface area contributed by atoms with Crippen molar-refractivity contribution in [2.24, 2.45) is 23.7 Å². The van der Waals surface area contributed by atoms with Crippen LogP contribution in [0.4, 0.5) is 15.3 Å².